The highest BCUT2D eigenvalue weighted by atomic mass is 35.5. The van der Waals surface area contributed by atoms with Crippen molar-refractivity contribution in [3.05, 3.63) is 82.8 Å². The summed E-state index contributed by atoms with van der Waals surface area (Å²) in [5, 5.41) is 3.47. The summed E-state index contributed by atoms with van der Waals surface area (Å²) in [4.78, 5) is 12.4. The lowest BCUT2D eigenvalue weighted by molar-refractivity contribution is -0.122. The topological polar surface area (TPSA) is 84.5 Å². The van der Waals surface area contributed by atoms with Gasteiger partial charge in [0.15, 0.2) is 6.10 Å². The molecule has 0 radical (unpaired) electrons. The molecule has 0 unspecified atom stereocenters. The Bertz CT molecular complexity index is 1150. The largest absolute Gasteiger partial charge is 0.481 e. The standard InChI is InChI=1S/C21H18Cl2N2O4S/c1-14(29-17-6-4-5-15(22)13-17)21(26)24-16-9-11-18(12-10-16)30(27,28)25-20-8-3-2-7-19(20)23/h2-14,25H,1H3,(H,24,26)/t14-/m1/s1. The lowest BCUT2D eigenvalue weighted by atomic mass is 10.3. The zero-order valence-electron chi connectivity index (χ0n) is 15.8. The Labute approximate surface area is 184 Å². The number of sulfonamides is 1. The molecule has 3 aromatic rings. The number of hydrogen-bond acceptors (Lipinski definition) is 4. The summed E-state index contributed by atoms with van der Waals surface area (Å²) in [6.07, 6.45) is -0.784. The summed E-state index contributed by atoms with van der Waals surface area (Å²) in [6.45, 7) is 1.60. The molecule has 9 heteroatoms. The van der Waals surface area contributed by atoms with Crippen molar-refractivity contribution in [2.45, 2.75) is 17.9 Å². The number of halogens is 2. The van der Waals surface area contributed by atoms with Gasteiger partial charge in [-0.1, -0.05) is 41.4 Å². The molecule has 0 aliphatic rings. The van der Waals surface area contributed by atoms with E-state index in [1.54, 1.807) is 55.5 Å². The monoisotopic (exact) mass is 464 g/mol. The normalized spacial score (nSPS) is 12.1. The summed E-state index contributed by atoms with van der Waals surface area (Å²) >= 11 is 11.9. The summed E-state index contributed by atoms with van der Waals surface area (Å²) in [5.74, 6) is 0.0806. The maximum atomic E-state index is 12.5. The van der Waals surface area contributed by atoms with Gasteiger partial charge in [0.1, 0.15) is 5.75 Å². The van der Waals surface area contributed by atoms with Crippen molar-refractivity contribution >= 4 is 50.5 Å². The third-order valence-corrected chi connectivity index (χ3v) is 5.97. The molecule has 0 aliphatic carbocycles. The third kappa shape index (κ3) is 5.66. The first-order valence-electron chi connectivity index (χ1n) is 8.85. The Morgan fingerprint density at radius 1 is 0.967 bits per heavy atom. The quantitative estimate of drug-likeness (QED) is 0.503. The van der Waals surface area contributed by atoms with E-state index in [1.807, 2.05) is 0 Å². The first-order chi connectivity index (χ1) is 14.2. The fraction of sp³-hybridized carbons (Fsp3) is 0.0952. The molecule has 0 aromatic heterocycles. The molecule has 3 rings (SSSR count). The second-order valence-corrected chi connectivity index (χ2v) is 8.84. The Morgan fingerprint density at radius 2 is 1.67 bits per heavy atom. The van der Waals surface area contributed by atoms with Crippen LogP contribution in [0.15, 0.2) is 77.7 Å². The number of carbonyl (C=O) groups is 1. The molecule has 0 spiro atoms. The van der Waals surface area contributed by atoms with Gasteiger partial charge >= 0.3 is 0 Å². The lowest BCUT2D eigenvalue weighted by Crippen LogP contribution is -2.30. The van der Waals surface area contributed by atoms with E-state index in [0.29, 0.717) is 21.5 Å². The first kappa shape index (κ1) is 22.0. The minimum absolute atomic E-state index is 0.0312. The molecule has 2 N–H and O–H groups in total. The van der Waals surface area contributed by atoms with Gasteiger partial charge in [0.05, 0.1) is 15.6 Å². The molecule has 0 aliphatic heterocycles. The molecule has 156 valence electrons. The molecular formula is C21H18Cl2N2O4S. The predicted octanol–water partition coefficient (Wildman–Crippen LogP) is 5.20. The Balaban J connectivity index is 1.65. The van der Waals surface area contributed by atoms with Gasteiger partial charge in [-0.2, -0.15) is 0 Å². The van der Waals surface area contributed by atoms with E-state index >= 15 is 0 Å². The lowest BCUT2D eigenvalue weighted by Gasteiger charge is -2.15. The van der Waals surface area contributed by atoms with E-state index in [9.17, 15) is 13.2 Å². The number of nitrogens with one attached hydrogen (secondary N) is 2. The first-order valence-corrected chi connectivity index (χ1v) is 11.1. The van der Waals surface area contributed by atoms with Crippen LogP contribution >= 0.6 is 23.2 Å². The van der Waals surface area contributed by atoms with Gasteiger partial charge in [-0.25, -0.2) is 8.42 Å². The van der Waals surface area contributed by atoms with Gasteiger partial charge in [-0.3, -0.25) is 9.52 Å². The Kier molecular flexibility index (Phi) is 6.87. The van der Waals surface area contributed by atoms with Gasteiger partial charge in [0.2, 0.25) is 0 Å². The summed E-state index contributed by atoms with van der Waals surface area (Å²) in [5.41, 5.74) is 0.710. The summed E-state index contributed by atoms with van der Waals surface area (Å²) in [7, 11) is -3.83. The van der Waals surface area contributed by atoms with Gasteiger partial charge in [-0.05, 0) is 61.5 Å². The van der Waals surface area contributed by atoms with Crippen molar-refractivity contribution in [1.82, 2.24) is 0 Å². The number of anilines is 2. The van der Waals surface area contributed by atoms with E-state index in [0.717, 1.165) is 0 Å². The smallest absolute Gasteiger partial charge is 0.265 e. The maximum Gasteiger partial charge on any atom is 0.265 e. The van der Waals surface area contributed by atoms with Crippen molar-refractivity contribution in [3.8, 4) is 5.75 Å². The molecule has 0 saturated carbocycles. The molecule has 30 heavy (non-hydrogen) atoms. The number of ether oxygens (including phenoxy) is 1. The highest BCUT2D eigenvalue weighted by Crippen LogP contribution is 2.25. The van der Waals surface area contributed by atoms with Crippen LogP contribution in [0.3, 0.4) is 0 Å². The van der Waals surface area contributed by atoms with Gasteiger partial charge in [-0.15, -0.1) is 0 Å². The number of amides is 1. The fourth-order valence-corrected chi connectivity index (χ4v) is 4.01. The highest BCUT2D eigenvalue weighted by molar-refractivity contribution is 7.92. The zero-order chi connectivity index (χ0) is 21.7. The molecule has 0 saturated heterocycles. The van der Waals surface area contributed by atoms with E-state index in [4.69, 9.17) is 27.9 Å². The predicted molar refractivity (Wildman–Crippen MR) is 119 cm³/mol. The van der Waals surface area contributed by atoms with Gasteiger partial charge in [0.25, 0.3) is 15.9 Å². The van der Waals surface area contributed by atoms with Crippen molar-refractivity contribution in [2.75, 3.05) is 10.0 Å². The molecule has 0 heterocycles. The van der Waals surface area contributed by atoms with Crippen molar-refractivity contribution in [2.24, 2.45) is 0 Å². The summed E-state index contributed by atoms with van der Waals surface area (Å²) < 4.78 is 33.1. The fourth-order valence-electron chi connectivity index (χ4n) is 2.51. The van der Waals surface area contributed by atoms with Crippen LogP contribution < -0.4 is 14.8 Å². The Morgan fingerprint density at radius 3 is 2.33 bits per heavy atom. The molecule has 6 nitrogen and oxygen atoms in total. The third-order valence-electron chi connectivity index (χ3n) is 4.03. The van der Waals surface area contributed by atoms with Crippen LogP contribution in [-0.4, -0.2) is 20.4 Å². The molecule has 1 atom stereocenters. The van der Waals surface area contributed by atoms with E-state index in [-0.39, 0.29) is 16.5 Å². The molecule has 0 bridgehead atoms. The van der Waals surface area contributed by atoms with E-state index in [2.05, 4.69) is 10.0 Å². The number of rotatable bonds is 7. The van der Waals surface area contributed by atoms with Crippen LogP contribution in [0, 0.1) is 0 Å². The molecule has 0 fully saturated rings. The van der Waals surface area contributed by atoms with Crippen LogP contribution in [-0.2, 0) is 14.8 Å². The number of hydrogen-bond donors (Lipinski definition) is 2. The Hall–Kier alpha value is -2.74. The molecule has 3 aromatic carbocycles. The zero-order valence-corrected chi connectivity index (χ0v) is 18.1. The summed E-state index contributed by atoms with van der Waals surface area (Å²) in [6, 6.07) is 19.0. The van der Waals surface area contributed by atoms with Crippen LogP contribution in [0.25, 0.3) is 0 Å². The maximum absolute atomic E-state index is 12.5. The second-order valence-electron chi connectivity index (χ2n) is 6.32. The molecule has 1 amide bonds. The SMILES string of the molecule is C[C@@H](Oc1cccc(Cl)c1)C(=O)Nc1ccc(S(=O)(=O)Nc2ccccc2Cl)cc1. The second kappa shape index (κ2) is 9.38. The number of carbonyl (C=O) groups excluding carboxylic acids is 1. The molecular weight excluding hydrogens is 447 g/mol. The van der Waals surface area contributed by atoms with Crippen LogP contribution in [0.1, 0.15) is 6.92 Å². The average Bonchev–Trinajstić information content (AvgIpc) is 2.70. The number of para-hydroxylation sites is 1. The average molecular weight is 465 g/mol. The van der Waals surface area contributed by atoms with Crippen molar-refractivity contribution in [1.29, 1.82) is 0 Å². The van der Waals surface area contributed by atoms with Gasteiger partial charge in [0, 0.05) is 10.7 Å². The van der Waals surface area contributed by atoms with E-state index in [1.165, 1.54) is 24.3 Å². The van der Waals surface area contributed by atoms with Crippen molar-refractivity contribution in [3.63, 3.8) is 0 Å². The van der Waals surface area contributed by atoms with Crippen LogP contribution in [0.2, 0.25) is 10.0 Å². The van der Waals surface area contributed by atoms with Gasteiger partial charge < -0.3 is 10.1 Å². The van der Waals surface area contributed by atoms with E-state index < -0.39 is 16.1 Å². The number of benzene rings is 3. The van der Waals surface area contributed by atoms with Crippen molar-refractivity contribution < 1.29 is 17.9 Å². The van der Waals surface area contributed by atoms with Crippen LogP contribution in [0.4, 0.5) is 11.4 Å². The van der Waals surface area contributed by atoms with Crippen LogP contribution in [0.5, 0.6) is 5.75 Å². The minimum Gasteiger partial charge on any atom is -0.481 e. The minimum atomic E-state index is -3.83. The highest BCUT2D eigenvalue weighted by Gasteiger charge is 2.18.